The molecule has 4 aromatic rings. The molecule has 0 saturated carbocycles. The molecular formula is C20H15ClN4OS. The average molecular weight is 395 g/mol. The highest BCUT2D eigenvalue weighted by Crippen LogP contribution is 2.34. The number of nitrogens with zero attached hydrogens (tertiary/aromatic N) is 4. The van der Waals surface area contributed by atoms with Gasteiger partial charge in [0, 0.05) is 17.4 Å². The summed E-state index contributed by atoms with van der Waals surface area (Å²) in [5.74, 6) is -0.241. The number of aromatic nitrogens is 3. The summed E-state index contributed by atoms with van der Waals surface area (Å²) in [5.41, 5.74) is 3.11. The van der Waals surface area contributed by atoms with E-state index in [2.05, 4.69) is 9.97 Å². The lowest BCUT2D eigenvalue weighted by atomic mass is 10.2. The van der Waals surface area contributed by atoms with Crippen molar-refractivity contribution in [3.63, 3.8) is 0 Å². The van der Waals surface area contributed by atoms with Crippen LogP contribution in [0.1, 0.15) is 21.6 Å². The van der Waals surface area contributed by atoms with Gasteiger partial charge in [-0.25, -0.2) is 9.97 Å². The zero-order valence-electron chi connectivity index (χ0n) is 14.5. The van der Waals surface area contributed by atoms with Crippen LogP contribution < -0.4 is 4.90 Å². The third kappa shape index (κ3) is 3.67. The van der Waals surface area contributed by atoms with Crippen LogP contribution in [0.25, 0.3) is 10.2 Å². The maximum atomic E-state index is 13.1. The fourth-order valence-corrected chi connectivity index (χ4v) is 4.22. The summed E-state index contributed by atoms with van der Waals surface area (Å²) in [7, 11) is 0. The summed E-state index contributed by atoms with van der Waals surface area (Å²) in [6.45, 7) is 2.35. The van der Waals surface area contributed by atoms with Crippen molar-refractivity contribution >= 4 is 44.2 Å². The van der Waals surface area contributed by atoms with Gasteiger partial charge in [-0.1, -0.05) is 53.3 Å². The highest BCUT2D eigenvalue weighted by atomic mass is 35.5. The first-order valence-electron chi connectivity index (χ1n) is 8.30. The number of halogens is 1. The second-order valence-electron chi connectivity index (χ2n) is 6.03. The van der Waals surface area contributed by atoms with Crippen LogP contribution in [0.2, 0.25) is 5.02 Å². The van der Waals surface area contributed by atoms with Crippen molar-refractivity contribution in [2.75, 3.05) is 4.90 Å². The Bertz CT molecular complexity index is 1100. The van der Waals surface area contributed by atoms with Gasteiger partial charge in [-0.2, -0.15) is 0 Å². The normalized spacial score (nSPS) is 10.9. The van der Waals surface area contributed by atoms with E-state index in [-0.39, 0.29) is 11.6 Å². The maximum Gasteiger partial charge on any atom is 0.280 e. The lowest BCUT2D eigenvalue weighted by molar-refractivity contribution is 0.0980. The van der Waals surface area contributed by atoms with Crippen LogP contribution in [0.3, 0.4) is 0 Å². The minimum absolute atomic E-state index is 0.241. The van der Waals surface area contributed by atoms with E-state index in [0.717, 1.165) is 21.3 Å². The van der Waals surface area contributed by atoms with Gasteiger partial charge in [0.1, 0.15) is 5.69 Å². The third-order valence-electron chi connectivity index (χ3n) is 4.08. The molecule has 0 atom stereocenters. The standard InChI is InChI=1S/C20H15ClN4OS/c1-13-9-15(21)10-17-18(13)24-20(27-17)25(12-14-5-3-2-4-6-14)19(26)16-11-22-7-8-23-16/h2-11H,12H2,1H3. The molecule has 0 bridgehead atoms. The van der Waals surface area contributed by atoms with Gasteiger partial charge in [0.15, 0.2) is 5.13 Å². The second-order valence-corrected chi connectivity index (χ2v) is 7.48. The molecule has 0 fully saturated rings. The summed E-state index contributed by atoms with van der Waals surface area (Å²) < 4.78 is 0.944. The van der Waals surface area contributed by atoms with Crippen LogP contribution in [-0.2, 0) is 6.54 Å². The first kappa shape index (κ1) is 17.6. The summed E-state index contributed by atoms with van der Waals surface area (Å²) in [6.07, 6.45) is 4.52. The Morgan fingerprint density at radius 3 is 2.74 bits per heavy atom. The van der Waals surface area contributed by atoms with Crippen molar-refractivity contribution in [2.45, 2.75) is 13.5 Å². The Morgan fingerprint density at radius 1 is 1.19 bits per heavy atom. The zero-order valence-corrected chi connectivity index (χ0v) is 16.0. The van der Waals surface area contributed by atoms with Crippen LogP contribution in [0.15, 0.2) is 61.1 Å². The molecule has 1 amide bonds. The number of thiazole rings is 1. The molecule has 0 spiro atoms. The van der Waals surface area contributed by atoms with Crippen LogP contribution >= 0.6 is 22.9 Å². The Labute approximate surface area is 165 Å². The van der Waals surface area contributed by atoms with Crippen LogP contribution in [0, 0.1) is 6.92 Å². The molecule has 4 rings (SSSR count). The highest BCUT2D eigenvalue weighted by Gasteiger charge is 2.23. The van der Waals surface area contributed by atoms with Crippen molar-refractivity contribution in [3.05, 3.63) is 82.9 Å². The van der Waals surface area contributed by atoms with Gasteiger partial charge in [-0.3, -0.25) is 14.7 Å². The number of hydrogen-bond donors (Lipinski definition) is 0. The van der Waals surface area contributed by atoms with Crippen molar-refractivity contribution in [2.24, 2.45) is 0 Å². The number of benzene rings is 2. The van der Waals surface area contributed by atoms with E-state index in [9.17, 15) is 4.79 Å². The minimum atomic E-state index is -0.241. The fraction of sp³-hybridized carbons (Fsp3) is 0.100. The van der Waals surface area contributed by atoms with Gasteiger partial charge >= 0.3 is 0 Å². The predicted octanol–water partition coefficient (Wildman–Crippen LogP) is 4.90. The summed E-state index contributed by atoms with van der Waals surface area (Å²) >= 11 is 7.62. The molecule has 27 heavy (non-hydrogen) atoms. The van der Waals surface area contributed by atoms with Crippen molar-refractivity contribution in [1.82, 2.24) is 15.0 Å². The Hall–Kier alpha value is -2.83. The van der Waals surface area contributed by atoms with Gasteiger partial charge < -0.3 is 0 Å². The number of hydrogen-bond acceptors (Lipinski definition) is 5. The number of rotatable bonds is 4. The predicted molar refractivity (Wildman–Crippen MR) is 108 cm³/mol. The van der Waals surface area contributed by atoms with E-state index in [1.807, 2.05) is 49.4 Å². The molecule has 0 aliphatic carbocycles. The lowest BCUT2D eigenvalue weighted by Gasteiger charge is -2.19. The molecule has 7 heteroatoms. The molecule has 2 aromatic carbocycles. The Kier molecular flexibility index (Phi) is 4.83. The van der Waals surface area contributed by atoms with Gasteiger partial charge in [0.25, 0.3) is 5.91 Å². The average Bonchev–Trinajstić information content (AvgIpc) is 3.11. The molecule has 2 aromatic heterocycles. The molecule has 0 aliphatic rings. The number of aryl methyl sites for hydroxylation is 1. The summed E-state index contributed by atoms with van der Waals surface area (Å²) in [5, 5.41) is 1.26. The van der Waals surface area contributed by atoms with Gasteiger partial charge in [-0.05, 0) is 30.2 Å². The maximum absolute atomic E-state index is 13.1. The van der Waals surface area contributed by atoms with E-state index in [1.165, 1.54) is 23.7 Å². The molecule has 0 radical (unpaired) electrons. The summed E-state index contributed by atoms with van der Waals surface area (Å²) in [4.78, 5) is 27.7. The quantitative estimate of drug-likeness (QED) is 0.494. The van der Waals surface area contributed by atoms with Crippen LogP contribution in [0.5, 0.6) is 0 Å². The van der Waals surface area contributed by atoms with E-state index in [1.54, 1.807) is 11.1 Å². The van der Waals surface area contributed by atoms with E-state index >= 15 is 0 Å². The number of carbonyl (C=O) groups excluding carboxylic acids is 1. The van der Waals surface area contributed by atoms with Crippen LogP contribution in [0.4, 0.5) is 5.13 Å². The number of anilines is 1. The first-order valence-corrected chi connectivity index (χ1v) is 9.50. The molecule has 0 N–H and O–H groups in total. The molecule has 134 valence electrons. The fourth-order valence-electron chi connectivity index (χ4n) is 2.80. The Balaban J connectivity index is 1.80. The zero-order chi connectivity index (χ0) is 18.8. The number of amides is 1. The topological polar surface area (TPSA) is 59.0 Å². The molecule has 0 aliphatic heterocycles. The van der Waals surface area contributed by atoms with E-state index < -0.39 is 0 Å². The minimum Gasteiger partial charge on any atom is -0.278 e. The van der Waals surface area contributed by atoms with Crippen molar-refractivity contribution in [1.29, 1.82) is 0 Å². The lowest BCUT2D eigenvalue weighted by Crippen LogP contribution is -2.31. The SMILES string of the molecule is Cc1cc(Cl)cc2sc(N(Cc3ccccc3)C(=O)c3cnccn3)nc12. The third-order valence-corrected chi connectivity index (χ3v) is 5.32. The monoisotopic (exact) mass is 394 g/mol. The van der Waals surface area contributed by atoms with Crippen molar-refractivity contribution < 1.29 is 4.79 Å². The first-order chi connectivity index (χ1) is 13.1. The molecule has 5 nitrogen and oxygen atoms in total. The smallest absolute Gasteiger partial charge is 0.278 e. The Morgan fingerprint density at radius 2 is 2.00 bits per heavy atom. The second kappa shape index (κ2) is 7.42. The molecule has 0 saturated heterocycles. The summed E-state index contributed by atoms with van der Waals surface area (Å²) in [6, 6.07) is 13.5. The van der Waals surface area contributed by atoms with Gasteiger partial charge in [0.05, 0.1) is 23.0 Å². The molecule has 2 heterocycles. The van der Waals surface area contributed by atoms with Crippen LogP contribution in [-0.4, -0.2) is 20.9 Å². The highest BCUT2D eigenvalue weighted by molar-refractivity contribution is 7.22. The largest absolute Gasteiger partial charge is 0.280 e. The van der Waals surface area contributed by atoms with Gasteiger partial charge in [0.2, 0.25) is 0 Å². The van der Waals surface area contributed by atoms with E-state index in [4.69, 9.17) is 16.6 Å². The molecule has 0 unspecified atom stereocenters. The van der Waals surface area contributed by atoms with Crippen molar-refractivity contribution in [3.8, 4) is 0 Å². The number of carbonyl (C=O) groups is 1. The van der Waals surface area contributed by atoms with Gasteiger partial charge in [-0.15, -0.1) is 0 Å². The number of fused-ring (bicyclic) bond motifs is 1. The van der Waals surface area contributed by atoms with E-state index in [0.29, 0.717) is 16.7 Å². The molecular weight excluding hydrogens is 380 g/mol.